The van der Waals surface area contributed by atoms with Crippen LogP contribution in [0.15, 0.2) is 34.1 Å². The molecule has 2 aromatic heterocycles. The van der Waals surface area contributed by atoms with Gasteiger partial charge < -0.3 is 14.8 Å². The lowest BCUT2D eigenvalue weighted by atomic mass is 10.1. The molecule has 1 fully saturated rings. The molecular weight excluding hydrogens is 415 g/mol. The smallest absolute Gasteiger partial charge is 0.332 e. The molecule has 9 nitrogen and oxygen atoms in total. The number of hydrogen-bond acceptors (Lipinski definition) is 5. The van der Waals surface area contributed by atoms with Crippen molar-refractivity contribution in [1.82, 2.24) is 18.7 Å². The van der Waals surface area contributed by atoms with Crippen LogP contribution in [0.25, 0.3) is 11.2 Å². The predicted molar refractivity (Wildman–Crippen MR) is 121 cm³/mol. The fourth-order valence-corrected chi connectivity index (χ4v) is 4.21. The Morgan fingerprint density at radius 3 is 2.62 bits per heavy atom. The first-order valence-corrected chi connectivity index (χ1v) is 10.8. The Morgan fingerprint density at radius 1 is 1.12 bits per heavy atom. The normalized spacial score (nSPS) is 14.2. The molecular formula is C22H27FN6O3. The molecule has 0 unspecified atom stereocenters. The topological polar surface area (TPSA) is 94.2 Å². The molecule has 1 aliphatic heterocycles. The van der Waals surface area contributed by atoms with Gasteiger partial charge in [0, 0.05) is 40.2 Å². The number of aryl methyl sites for hydroxylation is 2. The van der Waals surface area contributed by atoms with Crippen molar-refractivity contribution in [3.63, 3.8) is 0 Å². The van der Waals surface area contributed by atoms with Crippen LogP contribution in [0, 0.1) is 5.82 Å². The Kier molecular flexibility index (Phi) is 6.11. The molecule has 4 rings (SSSR count). The van der Waals surface area contributed by atoms with E-state index in [4.69, 9.17) is 0 Å². The molecule has 1 aliphatic rings. The molecule has 170 valence electrons. The second-order valence-electron chi connectivity index (χ2n) is 8.18. The summed E-state index contributed by atoms with van der Waals surface area (Å²) in [6.45, 7) is 2.17. The zero-order valence-corrected chi connectivity index (χ0v) is 18.3. The van der Waals surface area contributed by atoms with Gasteiger partial charge in [-0.2, -0.15) is 0 Å². The summed E-state index contributed by atoms with van der Waals surface area (Å²) < 4.78 is 17.9. The number of nitrogens with one attached hydrogen (secondary N) is 1. The Hall–Kier alpha value is -3.43. The fourth-order valence-electron chi connectivity index (χ4n) is 4.21. The number of nitrogens with zero attached hydrogens (tertiary/aromatic N) is 5. The van der Waals surface area contributed by atoms with Gasteiger partial charge in [0.2, 0.25) is 5.91 Å². The van der Waals surface area contributed by atoms with Gasteiger partial charge >= 0.3 is 5.69 Å². The van der Waals surface area contributed by atoms with Crippen molar-refractivity contribution in [2.24, 2.45) is 14.1 Å². The summed E-state index contributed by atoms with van der Waals surface area (Å²) in [5, 5.41) is 2.85. The minimum absolute atomic E-state index is 0.196. The van der Waals surface area contributed by atoms with Crippen LogP contribution in [0.4, 0.5) is 15.8 Å². The van der Waals surface area contributed by atoms with Crippen LogP contribution < -0.4 is 21.5 Å². The Bertz CT molecular complexity index is 1270. The summed E-state index contributed by atoms with van der Waals surface area (Å²) in [6, 6.07) is 4.49. The minimum atomic E-state index is -0.438. The van der Waals surface area contributed by atoms with Gasteiger partial charge in [-0.15, -0.1) is 0 Å². The highest BCUT2D eigenvalue weighted by Gasteiger charge is 2.17. The number of aromatic nitrogens is 4. The lowest BCUT2D eigenvalue weighted by Gasteiger charge is -2.30. The van der Waals surface area contributed by atoms with Crippen molar-refractivity contribution in [3.8, 4) is 0 Å². The van der Waals surface area contributed by atoms with Crippen molar-refractivity contribution in [2.45, 2.75) is 38.6 Å². The maximum absolute atomic E-state index is 13.8. The number of rotatable bonds is 6. The molecule has 0 saturated carbocycles. The van der Waals surface area contributed by atoms with E-state index in [1.165, 1.54) is 36.5 Å². The Morgan fingerprint density at radius 2 is 1.88 bits per heavy atom. The summed E-state index contributed by atoms with van der Waals surface area (Å²) in [5.74, 6) is -0.619. The third-order valence-corrected chi connectivity index (χ3v) is 5.95. The van der Waals surface area contributed by atoms with Gasteiger partial charge in [-0.3, -0.25) is 18.7 Å². The monoisotopic (exact) mass is 442 g/mol. The average molecular weight is 442 g/mol. The van der Waals surface area contributed by atoms with Gasteiger partial charge in [0.25, 0.3) is 5.56 Å². The van der Waals surface area contributed by atoms with E-state index in [9.17, 15) is 18.8 Å². The first-order chi connectivity index (χ1) is 15.4. The molecule has 0 atom stereocenters. The van der Waals surface area contributed by atoms with E-state index in [2.05, 4.69) is 15.2 Å². The van der Waals surface area contributed by atoms with Crippen LogP contribution in [-0.4, -0.2) is 37.7 Å². The molecule has 1 aromatic carbocycles. The molecule has 32 heavy (non-hydrogen) atoms. The summed E-state index contributed by atoms with van der Waals surface area (Å²) in [7, 11) is 2.99. The number of fused-ring (bicyclic) bond motifs is 1. The first kappa shape index (κ1) is 21.8. The number of benzene rings is 1. The third kappa shape index (κ3) is 4.17. The molecule has 0 aliphatic carbocycles. The zero-order chi connectivity index (χ0) is 22.8. The third-order valence-electron chi connectivity index (χ3n) is 5.95. The molecule has 3 heterocycles. The standard InChI is InChI=1S/C22H27FN6O3/c1-26-20-19(21(31)27(2)22(26)32)29(14-24-20)12-6-7-18(30)25-16-13-15(23)8-9-17(16)28-10-4-3-5-11-28/h8-9,13-14H,3-7,10-12H2,1-2H3,(H,25,30). The lowest BCUT2D eigenvalue weighted by Crippen LogP contribution is -2.37. The van der Waals surface area contributed by atoms with E-state index in [1.807, 2.05) is 0 Å². The maximum atomic E-state index is 13.8. The second kappa shape index (κ2) is 8.97. The molecule has 1 amide bonds. The van der Waals surface area contributed by atoms with Crippen molar-refractivity contribution in [3.05, 3.63) is 51.2 Å². The lowest BCUT2D eigenvalue weighted by molar-refractivity contribution is -0.116. The number of anilines is 2. The van der Waals surface area contributed by atoms with Gasteiger partial charge in [0.05, 0.1) is 17.7 Å². The highest BCUT2D eigenvalue weighted by atomic mass is 19.1. The van der Waals surface area contributed by atoms with E-state index < -0.39 is 17.1 Å². The quantitative estimate of drug-likeness (QED) is 0.630. The van der Waals surface area contributed by atoms with Crippen LogP contribution in [0.3, 0.4) is 0 Å². The van der Waals surface area contributed by atoms with Crippen LogP contribution in [-0.2, 0) is 25.4 Å². The van der Waals surface area contributed by atoms with E-state index in [0.29, 0.717) is 29.8 Å². The van der Waals surface area contributed by atoms with E-state index in [0.717, 1.165) is 36.2 Å². The second-order valence-corrected chi connectivity index (χ2v) is 8.18. The van der Waals surface area contributed by atoms with Gasteiger partial charge in [0.1, 0.15) is 5.82 Å². The van der Waals surface area contributed by atoms with Crippen LogP contribution in [0.2, 0.25) is 0 Å². The van der Waals surface area contributed by atoms with Crippen molar-refractivity contribution in [2.75, 3.05) is 23.3 Å². The molecule has 0 bridgehead atoms. The van der Waals surface area contributed by atoms with Crippen LogP contribution in [0.1, 0.15) is 32.1 Å². The summed E-state index contributed by atoms with van der Waals surface area (Å²) >= 11 is 0. The van der Waals surface area contributed by atoms with Gasteiger partial charge in [-0.25, -0.2) is 14.2 Å². The van der Waals surface area contributed by atoms with Crippen LogP contribution in [0.5, 0.6) is 0 Å². The number of hydrogen-bond donors (Lipinski definition) is 1. The summed E-state index contributed by atoms with van der Waals surface area (Å²) in [4.78, 5) is 43.5. The molecule has 0 spiro atoms. The number of carbonyl (C=O) groups excluding carboxylic acids is 1. The Labute approximate surface area is 184 Å². The summed E-state index contributed by atoms with van der Waals surface area (Å²) in [5.41, 5.74) is 1.10. The van der Waals surface area contributed by atoms with E-state index in [1.54, 1.807) is 17.7 Å². The molecule has 10 heteroatoms. The molecule has 1 saturated heterocycles. The van der Waals surface area contributed by atoms with Crippen molar-refractivity contribution < 1.29 is 9.18 Å². The van der Waals surface area contributed by atoms with Crippen LogP contribution >= 0.6 is 0 Å². The molecule has 0 radical (unpaired) electrons. The van der Waals surface area contributed by atoms with E-state index in [-0.39, 0.29) is 12.3 Å². The van der Waals surface area contributed by atoms with Crippen molar-refractivity contribution >= 4 is 28.4 Å². The van der Waals surface area contributed by atoms with Gasteiger partial charge in [0.15, 0.2) is 11.2 Å². The minimum Gasteiger partial charge on any atom is -0.370 e. The molecule has 1 N–H and O–H groups in total. The average Bonchev–Trinajstić information content (AvgIpc) is 3.21. The SMILES string of the molecule is Cn1c(=O)c2c(ncn2CCCC(=O)Nc2cc(F)ccc2N2CCCCC2)n(C)c1=O. The predicted octanol–water partition coefficient (Wildman–Crippen LogP) is 1.98. The Balaban J connectivity index is 1.44. The van der Waals surface area contributed by atoms with Gasteiger partial charge in [-0.1, -0.05) is 0 Å². The molecule has 3 aromatic rings. The number of piperidine rings is 1. The largest absolute Gasteiger partial charge is 0.370 e. The zero-order valence-electron chi connectivity index (χ0n) is 18.3. The number of imidazole rings is 1. The first-order valence-electron chi connectivity index (χ1n) is 10.8. The number of halogens is 1. The number of amides is 1. The van der Waals surface area contributed by atoms with Crippen molar-refractivity contribution in [1.29, 1.82) is 0 Å². The summed E-state index contributed by atoms with van der Waals surface area (Å²) in [6.07, 6.45) is 5.49. The highest BCUT2D eigenvalue weighted by molar-refractivity contribution is 5.94. The highest BCUT2D eigenvalue weighted by Crippen LogP contribution is 2.29. The van der Waals surface area contributed by atoms with Gasteiger partial charge in [-0.05, 0) is 43.9 Å². The maximum Gasteiger partial charge on any atom is 0.332 e. The van der Waals surface area contributed by atoms with E-state index >= 15 is 0 Å². The fraction of sp³-hybridized carbons (Fsp3) is 0.455. The number of carbonyl (C=O) groups is 1.